The van der Waals surface area contributed by atoms with Gasteiger partial charge in [-0.1, -0.05) is 48.0 Å². The third-order valence-electron chi connectivity index (χ3n) is 3.95. The highest BCUT2D eigenvalue weighted by atomic mass is 35.5. The molecule has 0 spiro atoms. The summed E-state index contributed by atoms with van der Waals surface area (Å²) in [4.78, 5) is 1.92. The summed E-state index contributed by atoms with van der Waals surface area (Å²) >= 11 is 11.5. The summed E-state index contributed by atoms with van der Waals surface area (Å²) in [5, 5.41) is 7.31. The summed E-state index contributed by atoms with van der Waals surface area (Å²) in [6, 6.07) is 14.7. The van der Waals surface area contributed by atoms with Gasteiger partial charge in [0.1, 0.15) is 5.82 Å². The smallest absolute Gasteiger partial charge is 0.166 e. The Morgan fingerprint density at radius 2 is 1.84 bits per heavy atom. The standard InChI is InChI=1S/C19H23ClFN3S/c1-24(2)17(18-15(20)9-6-10-16(18)21)13-23-19(25)22-12-11-14-7-4-3-5-8-14/h3-10,17H,11-13H2,1-2H3,(H2,22,23,25)/t17-/m1/s1. The van der Waals surface area contributed by atoms with Crippen molar-refractivity contribution in [2.24, 2.45) is 0 Å². The van der Waals surface area contributed by atoms with Crippen LogP contribution < -0.4 is 10.6 Å². The molecule has 0 heterocycles. The highest BCUT2D eigenvalue weighted by molar-refractivity contribution is 7.80. The van der Waals surface area contributed by atoms with E-state index in [1.54, 1.807) is 12.1 Å². The van der Waals surface area contributed by atoms with Gasteiger partial charge in [0.25, 0.3) is 0 Å². The van der Waals surface area contributed by atoms with Crippen molar-refractivity contribution in [1.29, 1.82) is 0 Å². The second-order valence-electron chi connectivity index (χ2n) is 5.99. The number of hydrogen-bond acceptors (Lipinski definition) is 2. The Bertz CT molecular complexity index is 674. The Hall–Kier alpha value is -1.69. The lowest BCUT2D eigenvalue weighted by Crippen LogP contribution is -2.41. The van der Waals surface area contributed by atoms with Crippen molar-refractivity contribution in [3.8, 4) is 0 Å². The van der Waals surface area contributed by atoms with Crippen LogP contribution in [0, 0.1) is 5.82 Å². The SMILES string of the molecule is CN(C)[C@H](CNC(=S)NCCc1ccccc1)c1c(F)cccc1Cl. The molecule has 0 unspecified atom stereocenters. The van der Waals surface area contributed by atoms with E-state index in [1.165, 1.54) is 11.6 Å². The number of hydrogen-bond donors (Lipinski definition) is 2. The van der Waals surface area contributed by atoms with Crippen LogP contribution in [0.4, 0.5) is 4.39 Å². The zero-order valence-corrected chi connectivity index (χ0v) is 16.0. The molecule has 0 bridgehead atoms. The number of halogens is 2. The lowest BCUT2D eigenvalue weighted by atomic mass is 10.1. The molecule has 3 nitrogen and oxygen atoms in total. The number of benzene rings is 2. The first-order valence-corrected chi connectivity index (χ1v) is 8.93. The van der Waals surface area contributed by atoms with Crippen LogP contribution in [0.3, 0.4) is 0 Å². The van der Waals surface area contributed by atoms with Gasteiger partial charge in [0.05, 0.1) is 6.04 Å². The molecule has 2 aromatic carbocycles. The average Bonchev–Trinajstić information content (AvgIpc) is 2.58. The van der Waals surface area contributed by atoms with Crippen LogP contribution in [-0.4, -0.2) is 37.2 Å². The first kappa shape index (κ1) is 19.6. The minimum atomic E-state index is -0.309. The molecule has 0 fully saturated rings. The van der Waals surface area contributed by atoms with E-state index < -0.39 is 0 Å². The van der Waals surface area contributed by atoms with Gasteiger partial charge in [-0.2, -0.15) is 0 Å². The molecule has 0 amide bonds. The lowest BCUT2D eigenvalue weighted by Gasteiger charge is -2.27. The Kier molecular flexibility index (Phi) is 7.62. The van der Waals surface area contributed by atoms with Gasteiger partial charge in [0, 0.05) is 23.7 Å². The van der Waals surface area contributed by atoms with E-state index in [0.29, 0.717) is 22.2 Å². The van der Waals surface area contributed by atoms with Crippen LogP contribution in [0.1, 0.15) is 17.2 Å². The quantitative estimate of drug-likeness (QED) is 0.716. The summed E-state index contributed by atoms with van der Waals surface area (Å²) in [6.07, 6.45) is 0.888. The van der Waals surface area contributed by atoms with E-state index in [4.69, 9.17) is 23.8 Å². The third kappa shape index (κ3) is 5.96. The molecule has 0 aromatic heterocycles. The lowest BCUT2D eigenvalue weighted by molar-refractivity contribution is 0.291. The maximum Gasteiger partial charge on any atom is 0.166 e. The molecular weight excluding hydrogens is 357 g/mol. The van der Waals surface area contributed by atoms with Crippen LogP contribution in [-0.2, 0) is 6.42 Å². The largest absolute Gasteiger partial charge is 0.362 e. The Labute approximate surface area is 159 Å². The zero-order chi connectivity index (χ0) is 18.2. The molecule has 0 aliphatic heterocycles. The fourth-order valence-corrected chi connectivity index (χ4v) is 3.06. The summed E-state index contributed by atoms with van der Waals surface area (Å²) in [5.41, 5.74) is 1.73. The summed E-state index contributed by atoms with van der Waals surface area (Å²) < 4.78 is 14.2. The van der Waals surface area contributed by atoms with E-state index in [2.05, 4.69) is 22.8 Å². The number of rotatable bonds is 7. The second kappa shape index (κ2) is 9.70. The fraction of sp³-hybridized carbons (Fsp3) is 0.316. The molecule has 2 aromatic rings. The van der Waals surface area contributed by atoms with Crippen LogP contribution in [0.25, 0.3) is 0 Å². The summed E-state index contributed by atoms with van der Waals surface area (Å²) in [6.45, 7) is 1.20. The third-order valence-corrected chi connectivity index (χ3v) is 4.57. The highest BCUT2D eigenvalue weighted by Crippen LogP contribution is 2.28. The van der Waals surface area contributed by atoms with Crippen molar-refractivity contribution in [2.45, 2.75) is 12.5 Å². The molecule has 0 aliphatic rings. The van der Waals surface area contributed by atoms with Gasteiger partial charge in [-0.15, -0.1) is 0 Å². The Morgan fingerprint density at radius 3 is 2.48 bits per heavy atom. The molecule has 6 heteroatoms. The van der Waals surface area contributed by atoms with Crippen molar-refractivity contribution < 1.29 is 4.39 Å². The number of likely N-dealkylation sites (N-methyl/N-ethyl adjacent to an activating group) is 1. The molecule has 0 saturated carbocycles. The van der Waals surface area contributed by atoms with Gasteiger partial charge in [-0.3, -0.25) is 0 Å². The van der Waals surface area contributed by atoms with Gasteiger partial charge in [0.15, 0.2) is 5.11 Å². The number of nitrogens with zero attached hydrogens (tertiary/aromatic N) is 1. The molecule has 1 atom stereocenters. The first-order valence-electron chi connectivity index (χ1n) is 8.15. The zero-order valence-electron chi connectivity index (χ0n) is 14.4. The van der Waals surface area contributed by atoms with E-state index >= 15 is 0 Å². The van der Waals surface area contributed by atoms with Crippen molar-refractivity contribution >= 4 is 28.9 Å². The van der Waals surface area contributed by atoms with Crippen LogP contribution in [0.5, 0.6) is 0 Å². The molecule has 2 N–H and O–H groups in total. The van der Waals surface area contributed by atoms with Gasteiger partial charge < -0.3 is 15.5 Å². The average molecular weight is 380 g/mol. The fourth-order valence-electron chi connectivity index (χ4n) is 2.59. The van der Waals surface area contributed by atoms with Crippen molar-refractivity contribution in [1.82, 2.24) is 15.5 Å². The second-order valence-corrected chi connectivity index (χ2v) is 6.80. The molecule has 0 saturated heterocycles. The predicted octanol–water partition coefficient (Wildman–Crippen LogP) is 3.79. The molecule has 0 aliphatic carbocycles. The Morgan fingerprint density at radius 1 is 1.12 bits per heavy atom. The van der Waals surface area contributed by atoms with Gasteiger partial charge >= 0.3 is 0 Å². The van der Waals surface area contributed by atoms with Gasteiger partial charge in [-0.25, -0.2) is 4.39 Å². The van der Waals surface area contributed by atoms with Crippen molar-refractivity contribution in [3.05, 3.63) is 70.5 Å². The molecule has 2 rings (SSSR count). The van der Waals surface area contributed by atoms with Crippen LogP contribution in [0.2, 0.25) is 5.02 Å². The highest BCUT2D eigenvalue weighted by Gasteiger charge is 2.21. The van der Waals surface area contributed by atoms with E-state index in [-0.39, 0.29) is 11.9 Å². The normalized spacial score (nSPS) is 12.0. The van der Waals surface area contributed by atoms with Crippen LogP contribution >= 0.6 is 23.8 Å². The monoisotopic (exact) mass is 379 g/mol. The van der Waals surface area contributed by atoms with Crippen molar-refractivity contribution in [3.63, 3.8) is 0 Å². The minimum absolute atomic E-state index is 0.220. The van der Waals surface area contributed by atoms with Gasteiger partial charge in [-0.05, 0) is 50.4 Å². The Balaban J connectivity index is 1.87. The van der Waals surface area contributed by atoms with E-state index in [9.17, 15) is 4.39 Å². The summed E-state index contributed by atoms with van der Waals surface area (Å²) in [7, 11) is 3.78. The van der Waals surface area contributed by atoms with E-state index in [0.717, 1.165) is 13.0 Å². The predicted molar refractivity (Wildman–Crippen MR) is 107 cm³/mol. The maximum absolute atomic E-state index is 14.2. The van der Waals surface area contributed by atoms with Crippen molar-refractivity contribution in [2.75, 3.05) is 27.2 Å². The number of thiocarbonyl (C=S) groups is 1. The number of nitrogens with one attached hydrogen (secondary N) is 2. The molecule has 134 valence electrons. The van der Waals surface area contributed by atoms with Crippen LogP contribution in [0.15, 0.2) is 48.5 Å². The molecule has 0 radical (unpaired) electrons. The molecular formula is C19H23ClFN3S. The summed E-state index contributed by atoms with van der Waals surface area (Å²) in [5.74, 6) is -0.309. The topological polar surface area (TPSA) is 27.3 Å². The maximum atomic E-state index is 14.2. The first-order chi connectivity index (χ1) is 12.0. The molecule has 25 heavy (non-hydrogen) atoms. The van der Waals surface area contributed by atoms with Gasteiger partial charge in [0.2, 0.25) is 0 Å². The van der Waals surface area contributed by atoms with E-state index in [1.807, 2.05) is 37.2 Å². The minimum Gasteiger partial charge on any atom is -0.362 e.